The van der Waals surface area contributed by atoms with Crippen LogP contribution in [0, 0.1) is 0 Å². The summed E-state index contributed by atoms with van der Waals surface area (Å²) in [7, 11) is 0. The van der Waals surface area contributed by atoms with Crippen LogP contribution in [0.3, 0.4) is 0 Å². The molecule has 0 saturated carbocycles. The Labute approximate surface area is 116 Å². The average molecular weight is 288 g/mol. The molecule has 0 fully saturated rings. The van der Waals surface area contributed by atoms with Crippen LogP contribution in [0.5, 0.6) is 5.88 Å². The van der Waals surface area contributed by atoms with Gasteiger partial charge in [-0.05, 0) is 18.2 Å². The summed E-state index contributed by atoms with van der Waals surface area (Å²) in [5.41, 5.74) is -1.14. The van der Waals surface area contributed by atoms with Crippen LogP contribution >= 0.6 is 11.8 Å². The van der Waals surface area contributed by atoms with Gasteiger partial charge in [-0.2, -0.15) is 0 Å². The van der Waals surface area contributed by atoms with E-state index in [0.717, 1.165) is 4.90 Å². The Morgan fingerprint density at radius 2 is 1.85 bits per heavy atom. The van der Waals surface area contributed by atoms with Crippen molar-refractivity contribution in [1.29, 1.82) is 0 Å². The monoisotopic (exact) mass is 288 g/mol. The number of ketones is 1. The first-order chi connectivity index (χ1) is 9.56. The molecule has 0 unspecified atom stereocenters. The highest BCUT2D eigenvalue weighted by Gasteiger charge is 2.26. The zero-order valence-corrected chi connectivity index (χ0v) is 10.8. The van der Waals surface area contributed by atoms with Gasteiger partial charge in [-0.25, -0.2) is 4.79 Å². The lowest BCUT2D eigenvalue weighted by molar-refractivity contribution is 0.104. The van der Waals surface area contributed by atoms with Crippen molar-refractivity contribution in [3.63, 3.8) is 0 Å². The first kappa shape index (κ1) is 12.5. The number of H-pyrrole nitrogens is 2. The number of aromatic amines is 2. The van der Waals surface area contributed by atoms with E-state index in [0.29, 0.717) is 10.5 Å². The molecule has 2 aromatic rings. The van der Waals surface area contributed by atoms with E-state index >= 15 is 0 Å². The topological polar surface area (TPSA) is 103 Å². The fourth-order valence-corrected chi connectivity index (χ4v) is 2.92. The Balaban J connectivity index is 2.11. The fraction of sp³-hybridized carbons (Fsp3) is 0. The summed E-state index contributed by atoms with van der Waals surface area (Å²) in [6.07, 6.45) is 1.27. The van der Waals surface area contributed by atoms with E-state index in [1.807, 2.05) is 11.1 Å². The number of benzene rings is 1. The minimum absolute atomic E-state index is 0.145. The van der Waals surface area contributed by atoms with E-state index in [1.165, 1.54) is 17.8 Å². The first-order valence-corrected chi connectivity index (χ1v) is 6.47. The molecule has 0 atom stereocenters. The van der Waals surface area contributed by atoms with E-state index in [9.17, 15) is 19.5 Å². The van der Waals surface area contributed by atoms with Gasteiger partial charge >= 0.3 is 5.69 Å². The van der Waals surface area contributed by atoms with Crippen LogP contribution in [-0.4, -0.2) is 20.9 Å². The first-order valence-electron chi connectivity index (χ1n) is 5.65. The van der Waals surface area contributed by atoms with Crippen molar-refractivity contribution in [2.24, 2.45) is 0 Å². The number of carbonyl (C=O) groups is 1. The maximum Gasteiger partial charge on any atom is 0.328 e. The van der Waals surface area contributed by atoms with E-state index in [4.69, 9.17) is 0 Å². The van der Waals surface area contributed by atoms with Crippen LogP contribution in [0.4, 0.5) is 0 Å². The molecule has 1 aromatic heterocycles. The van der Waals surface area contributed by atoms with Gasteiger partial charge in [0.2, 0.25) is 11.7 Å². The van der Waals surface area contributed by atoms with Crippen LogP contribution < -0.4 is 11.2 Å². The number of nitrogens with one attached hydrogen (secondary N) is 2. The molecule has 20 heavy (non-hydrogen) atoms. The SMILES string of the molecule is O=C1C(=Cc2c(O)[nH]c(=O)[nH]c2=O)Sc2ccccc21. The Morgan fingerprint density at radius 1 is 1.10 bits per heavy atom. The predicted octanol–water partition coefficient (Wildman–Crippen LogP) is 1.10. The molecule has 7 heteroatoms. The van der Waals surface area contributed by atoms with Crippen molar-refractivity contribution in [2.45, 2.75) is 4.90 Å². The number of Topliss-reactive ketones (excluding diaryl/α,β-unsaturated/α-hetero) is 1. The third-order valence-corrected chi connectivity index (χ3v) is 3.91. The summed E-state index contributed by atoms with van der Waals surface area (Å²) < 4.78 is 0. The molecule has 1 aliphatic rings. The number of thioether (sulfide) groups is 1. The molecular weight excluding hydrogens is 280 g/mol. The van der Waals surface area contributed by atoms with E-state index in [-0.39, 0.29) is 11.3 Å². The maximum atomic E-state index is 12.1. The van der Waals surface area contributed by atoms with Crippen LogP contribution in [0.25, 0.3) is 6.08 Å². The number of hydrogen-bond acceptors (Lipinski definition) is 5. The Bertz CT molecular complexity index is 863. The van der Waals surface area contributed by atoms with E-state index < -0.39 is 17.1 Å². The molecule has 2 heterocycles. The molecule has 1 aliphatic heterocycles. The summed E-state index contributed by atoms with van der Waals surface area (Å²) in [5, 5.41) is 9.60. The molecule has 0 radical (unpaired) electrons. The minimum atomic E-state index is -0.802. The van der Waals surface area contributed by atoms with Crippen molar-refractivity contribution in [3.8, 4) is 5.88 Å². The molecule has 100 valence electrons. The smallest absolute Gasteiger partial charge is 0.328 e. The van der Waals surface area contributed by atoms with Gasteiger partial charge in [0, 0.05) is 10.5 Å². The van der Waals surface area contributed by atoms with Crippen molar-refractivity contribution >= 4 is 23.6 Å². The zero-order valence-electron chi connectivity index (χ0n) is 9.97. The molecule has 3 N–H and O–H groups in total. The quantitative estimate of drug-likeness (QED) is 0.682. The second kappa shape index (κ2) is 4.53. The number of aromatic hydroxyl groups is 1. The van der Waals surface area contributed by atoms with Gasteiger partial charge in [0.25, 0.3) is 5.56 Å². The van der Waals surface area contributed by atoms with Gasteiger partial charge in [-0.15, -0.1) is 0 Å². The molecule has 0 aliphatic carbocycles. The lowest BCUT2D eigenvalue weighted by Crippen LogP contribution is -2.23. The maximum absolute atomic E-state index is 12.1. The number of carbonyl (C=O) groups excluding carboxylic acids is 1. The number of hydrogen-bond donors (Lipinski definition) is 3. The molecule has 0 amide bonds. The lowest BCUT2D eigenvalue weighted by Gasteiger charge is -1.98. The second-order valence-electron chi connectivity index (χ2n) is 4.11. The van der Waals surface area contributed by atoms with Crippen molar-refractivity contribution in [1.82, 2.24) is 9.97 Å². The Kier molecular flexibility index (Phi) is 2.83. The standard InChI is InChI=1S/C13H8N2O4S/c16-10-6-3-1-2-4-8(6)20-9(10)5-7-11(17)14-13(19)15-12(7)18/h1-5H,(H3,14,15,17,18,19). The van der Waals surface area contributed by atoms with Crippen LogP contribution in [0.2, 0.25) is 0 Å². The van der Waals surface area contributed by atoms with Gasteiger partial charge < -0.3 is 5.11 Å². The zero-order chi connectivity index (χ0) is 14.3. The van der Waals surface area contributed by atoms with Gasteiger partial charge in [0.05, 0.1) is 4.91 Å². The van der Waals surface area contributed by atoms with Gasteiger partial charge in [0.15, 0.2) is 0 Å². The van der Waals surface area contributed by atoms with Crippen LogP contribution in [0.15, 0.2) is 43.7 Å². The highest BCUT2D eigenvalue weighted by Crippen LogP contribution is 2.40. The van der Waals surface area contributed by atoms with Gasteiger partial charge in [-0.1, -0.05) is 23.9 Å². The van der Waals surface area contributed by atoms with Gasteiger partial charge in [0.1, 0.15) is 5.56 Å². The second-order valence-corrected chi connectivity index (χ2v) is 5.19. The van der Waals surface area contributed by atoms with Crippen molar-refractivity contribution < 1.29 is 9.90 Å². The summed E-state index contributed by atoms with van der Waals surface area (Å²) in [6.45, 7) is 0. The largest absolute Gasteiger partial charge is 0.494 e. The summed E-state index contributed by atoms with van der Waals surface area (Å²) in [5.74, 6) is -0.772. The third kappa shape index (κ3) is 1.97. The van der Waals surface area contributed by atoms with Crippen LogP contribution in [-0.2, 0) is 0 Å². The fourth-order valence-electron chi connectivity index (χ4n) is 1.88. The number of aromatic nitrogens is 2. The molecular formula is C13H8N2O4S. The predicted molar refractivity (Wildman–Crippen MR) is 74.0 cm³/mol. The molecule has 0 bridgehead atoms. The molecule has 1 aromatic carbocycles. The Morgan fingerprint density at radius 3 is 2.55 bits per heavy atom. The summed E-state index contributed by atoms with van der Waals surface area (Å²) in [6, 6.07) is 7.06. The highest BCUT2D eigenvalue weighted by molar-refractivity contribution is 8.04. The van der Waals surface area contributed by atoms with Crippen molar-refractivity contribution in [3.05, 3.63) is 61.1 Å². The summed E-state index contributed by atoms with van der Waals surface area (Å²) >= 11 is 1.22. The number of fused-ring (bicyclic) bond motifs is 1. The van der Waals surface area contributed by atoms with E-state index in [2.05, 4.69) is 4.98 Å². The van der Waals surface area contributed by atoms with Crippen molar-refractivity contribution in [2.75, 3.05) is 0 Å². The minimum Gasteiger partial charge on any atom is -0.494 e. The van der Waals surface area contributed by atoms with Gasteiger partial charge in [-0.3, -0.25) is 19.6 Å². The lowest BCUT2D eigenvalue weighted by atomic mass is 10.1. The Hall–Kier alpha value is -2.54. The summed E-state index contributed by atoms with van der Waals surface area (Å²) in [4.78, 5) is 39.9. The number of rotatable bonds is 1. The molecule has 0 spiro atoms. The molecule has 6 nitrogen and oxygen atoms in total. The average Bonchev–Trinajstić information content (AvgIpc) is 2.71. The third-order valence-electron chi connectivity index (χ3n) is 2.81. The molecule has 3 rings (SSSR count). The normalized spacial score (nSPS) is 15.6. The highest BCUT2D eigenvalue weighted by atomic mass is 32.2. The molecule has 0 saturated heterocycles. The van der Waals surface area contributed by atoms with Crippen LogP contribution in [0.1, 0.15) is 15.9 Å². The van der Waals surface area contributed by atoms with E-state index in [1.54, 1.807) is 18.2 Å². The number of allylic oxidation sites excluding steroid dienone is 1.